The van der Waals surface area contributed by atoms with Gasteiger partial charge < -0.3 is 5.32 Å². The summed E-state index contributed by atoms with van der Waals surface area (Å²) >= 11 is 1.62. The third-order valence-corrected chi connectivity index (χ3v) is 4.61. The van der Waals surface area contributed by atoms with Gasteiger partial charge in [-0.05, 0) is 41.6 Å². The number of nitrogens with one attached hydrogen (secondary N) is 1. The molecular formula is C17H18N4OS. The zero-order valence-electron chi connectivity index (χ0n) is 13.1. The summed E-state index contributed by atoms with van der Waals surface area (Å²) in [5.74, 6) is -0.130. The third-order valence-electron chi connectivity index (χ3n) is 3.67. The van der Waals surface area contributed by atoms with Gasteiger partial charge in [0.05, 0.1) is 11.7 Å². The summed E-state index contributed by atoms with van der Waals surface area (Å²) in [6.45, 7) is 2.02. The maximum Gasteiger partial charge on any atom is 0.270 e. The van der Waals surface area contributed by atoms with Crippen LogP contribution in [-0.4, -0.2) is 20.7 Å². The van der Waals surface area contributed by atoms with Crippen LogP contribution in [0, 0.1) is 0 Å². The van der Waals surface area contributed by atoms with E-state index in [4.69, 9.17) is 0 Å². The van der Waals surface area contributed by atoms with Crippen molar-refractivity contribution in [2.24, 2.45) is 7.05 Å². The number of thiophene rings is 1. The van der Waals surface area contributed by atoms with E-state index in [0.29, 0.717) is 5.69 Å². The minimum absolute atomic E-state index is 0.130. The molecule has 0 aliphatic carbocycles. The largest absolute Gasteiger partial charge is 0.339 e. The molecule has 0 aromatic carbocycles. The van der Waals surface area contributed by atoms with Gasteiger partial charge in [-0.1, -0.05) is 13.0 Å². The number of nitrogens with zero attached hydrogens (tertiary/aromatic N) is 3. The van der Waals surface area contributed by atoms with Gasteiger partial charge in [-0.15, -0.1) is 11.3 Å². The second-order valence-corrected chi connectivity index (χ2v) is 6.18. The van der Waals surface area contributed by atoms with Crippen molar-refractivity contribution in [1.29, 1.82) is 0 Å². The Labute approximate surface area is 139 Å². The SMILES string of the molecule is CCc1cc(C(=O)N[C@H](c2ccncc2)c2cccs2)n(C)n1. The second kappa shape index (κ2) is 6.75. The number of hydrogen-bond acceptors (Lipinski definition) is 4. The van der Waals surface area contributed by atoms with E-state index in [0.717, 1.165) is 22.6 Å². The van der Waals surface area contributed by atoms with Gasteiger partial charge in [0.25, 0.3) is 5.91 Å². The quantitative estimate of drug-likeness (QED) is 0.784. The van der Waals surface area contributed by atoms with Crippen LogP contribution in [0.4, 0.5) is 0 Å². The van der Waals surface area contributed by atoms with E-state index >= 15 is 0 Å². The van der Waals surface area contributed by atoms with Crippen LogP contribution in [0.25, 0.3) is 0 Å². The molecule has 6 heteroatoms. The van der Waals surface area contributed by atoms with E-state index in [9.17, 15) is 4.79 Å². The molecule has 5 nitrogen and oxygen atoms in total. The minimum Gasteiger partial charge on any atom is -0.339 e. The van der Waals surface area contributed by atoms with Crippen LogP contribution >= 0.6 is 11.3 Å². The van der Waals surface area contributed by atoms with Gasteiger partial charge in [0.1, 0.15) is 5.69 Å². The molecule has 3 heterocycles. The third kappa shape index (κ3) is 3.32. The number of rotatable bonds is 5. The lowest BCUT2D eigenvalue weighted by Crippen LogP contribution is -2.30. The molecule has 0 unspecified atom stereocenters. The predicted octanol–water partition coefficient (Wildman–Crippen LogP) is 2.96. The van der Waals surface area contributed by atoms with E-state index < -0.39 is 0 Å². The standard InChI is InChI=1S/C17H18N4OS/c1-3-13-11-14(21(2)20-13)17(22)19-16(15-5-4-10-23-15)12-6-8-18-9-7-12/h4-11,16H,3H2,1-2H3,(H,19,22)/t16-/m1/s1. The van der Waals surface area contributed by atoms with Crippen molar-refractivity contribution in [3.05, 3.63) is 69.9 Å². The van der Waals surface area contributed by atoms with Crippen LogP contribution in [0.15, 0.2) is 48.1 Å². The summed E-state index contributed by atoms with van der Waals surface area (Å²) in [6, 6.07) is 9.51. The summed E-state index contributed by atoms with van der Waals surface area (Å²) in [4.78, 5) is 17.8. The molecular weight excluding hydrogens is 308 g/mol. The van der Waals surface area contributed by atoms with Crippen LogP contribution in [0.2, 0.25) is 0 Å². The normalized spacial score (nSPS) is 12.1. The Bertz CT molecular complexity index is 780. The highest BCUT2D eigenvalue weighted by Crippen LogP contribution is 2.26. The second-order valence-electron chi connectivity index (χ2n) is 5.20. The fraction of sp³-hybridized carbons (Fsp3) is 0.235. The van der Waals surface area contributed by atoms with Gasteiger partial charge in [0, 0.05) is 24.3 Å². The molecule has 3 aromatic heterocycles. The first-order valence-electron chi connectivity index (χ1n) is 7.46. The van der Waals surface area contributed by atoms with Crippen molar-refractivity contribution >= 4 is 17.2 Å². The predicted molar refractivity (Wildman–Crippen MR) is 90.5 cm³/mol. The number of aromatic nitrogens is 3. The Kier molecular flexibility index (Phi) is 4.52. The molecule has 0 saturated carbocycles. The summed E-state index contributed by atoms with van der Waals surface area (Å²) in [7, 11) is 1.79. The Hall–Kier alpha value is -2.47. The van der Waals surface area contributed by atoms with E-state index in [1.807, 2.05) is 42.6 Å². The molecule has 0 saturated heterocycles. The summed E-state index contributed by atoms with van der Waals surface area (Å²) in [6.07, 6.45) is 4.28. The van der Waals surface area contributed by atoms with Crippen molar-refractivity contribution in [3.63, 3.8) is 0 Å². The Balaban J connectivity index is 1.89. The number of aryl methyl sites for hydroxylation is 2. The van der Waals surface area contributed by atoms with Crippen LogP contribution in [0.3, 0.4) is 0 Å². The first kappa shape index (κ1) is 15.4. The molecule has 3 aromatic rings. The van der Waals surface area contributed by atoms with Crippen molar-refractivity contribution in [2.45, 2.75) is 19.4 Å². The number of carbonyl (C=O) groups excluding carboxylic acids is 1. The van der Waals surface area contributed by atoms with Gasteiger partial charge in [-0.25, -0.2) is 0 Å². The highest BCUT2D eigenvalue weighted by Gasteiger charge is 2.21. The van der Waals surface area contributed by atoms with E-state index in [1.165, 1.54) is 0 Å². The summed E-state index contributed by atoms with van der Waals surface area (Å²) in [5.41, 5.74) is 2.49. The van der Waals surface area contributed by atoms with Crippen LogP contribution in [0.5, 0.6) is 0 Å². The molecule has 0 aliphatic heterocycles. The zero-order chi connectivity index (χ0) is 16.2. The van der Waals surface area contributed by atoms with Gasteiger partial charge in [0.2, 0.25) is 0 Å². The zero-order valence-corrected chi connectivity index (χ0v) is 13.9. The average molecular weight is 326 g/mol. The first-order valence-corrected chi connectivity index (χ1v) is 8.34. The first-order chi connectivity index (χ1) is 11.2. The maximum absolute atomic E-state index is 12.7. The molecule has 0 fully saturated rings. The number of hydrogen-bond donors (Lipinski definition) is 1. The van der Waals surface area contributed by atoms with Gasteiger partial charge in [-0.3, -0.25) is 14.5 Å². The molecule has 118 valence electrons. The van der Waals surface area contributed by atoms with E-state index in [-0.39, 0.29) is 11.9 Å². The van der Waals surface area contributed by atoms with Crippen molar-refractivity contribution < 1.29 is 4.79 Å². The number of carbonyl (C=O) groups is 1. The molecule has 0 bridgehead atoms. The molecule has 0 spiro atoms. The summed E-state index contributed by atoms with van der Waals surface area (Å²) in [5, 5.41) is 9.46. The minimum atomic E-state index is -0.189. The molecule has 0 radical (unpaired) electrons. The fourth-order valence-corrected chi connectivity index (χ4v) is 3.25. The Morgan fingerprint density at radius 2 is 2.13 bits per heavy atom. The van der Waals surface area contributed by atoms with Crippen molar-refractivity contribution in [3.8, 4) is 0 Å². The lowest BCUT2D eigenvalue weighted by Gasteiger charge is -2.17. The van der Waals surface area contributed by atoms with Gasteiger partial charge in [-0.2, -0.15) is 5.10 Å². The molecule has 1 N–H and O–H groups in total. The molecule has 0 aliphatic rings. The lowest BCUT2D eigenvalue weighted by atomic mass is 10.1. The Morgan fingerprint density at radius 1 is 1.35 bits per heavy atom. The smallest absolute Gasteiger partial charge is 0.270 e. The van der Waals surface area contributed by atoms with E-state index in [1.54, 1.807) is 35.5 Å². The topological polar surface area (TPSA) is 59.8 Å². The van der Waals surface area contributed by atoms with Crippen LogP contribution < -0.4 is 5.32 Å². The molecule has 1 atom stereocenters. The highest BCUT2D eigenvalue weighted by molar-refractivity contribution is 7.10. The van der Waals surface area contributed by atoms with Gasteiger partial charge in [0.15, 0.2) is 0 Å². The van der Waals surface area contributed by atoms with E-state index in [2.05, 4.69) is 15.4 Å². The maximum atomic E-state index is 12.7. The van der Waals surface area contributed by atoms with Crippen molar-refractivity contribution in [1.82, 2.24) is 20.1 Å². The van der Waals surface area contributed by atoms with Gasteiger partial charge >= 0.3 is 0 Å². The molecule has 1 amide bonds. The lowest BCUT2D eigenvalue weighted by molar-refractivity contribution is 0.0934. The number of amides is 1. The number of pyridine rings is 1. The van der Waals surface area contributed by atoms with Crippen LogP contribution in [-0.2, 0) is 13.5 Å². The molecule has 3 rings (SSSR count). The van der Waals surface area contributed by atoms with Crippen LogP contribution in [0.1, 0.15) is 39.6 Å². The monoisotopic (exact) mass is 326 g/mol. The molecule has 23 heavy (non-hydrogen) atoms. The summed E-state index contributed by atoms with van der Waals surface area (Å²) < 4.78 is 1.63. The van der Waals surface area contributed by atoms with Crippen molar-refractivity contribution in [2.75, 3.05) is 0 Å². The average Bonchev–Trinajstić information content (AvgIpc) is 3.22. The highest BCUT2D eigenvalue weighted by atomic mass is 32.1. The fourth-order valence-electron chi connectivity index (χ4n) is 2.45. The Morgan fingerprint density at radius 3 is 2.74 bits per heavy atom.